The van der Waals surface area contributed by atoms with E-state index in [1.165, 1.54) is 12.8 Å². The summed E-state index contributed by atoms with van der Waals surface area (Å²) in [5.41, 5.74) is 5.28. The number of amides is 1. The Labute approximate surface area is 111 Å². The maximum atomic E-state index is 11.5. The number of ether oxygens (including phenoxy) is 1. The van der Waals surface area contributed by atoms with E-state index in [1.807, 2.05) is 20.8 Å². The van der Waals surface area contributed by atoms with Crippen molar-refractivity contribution in [3.05, 3.63) is 0 Å². The van der Waals surface area contributed by atoms with Crippen LogP contribution in [0.2, 0.25) is 0 Å². The monoisotopic (exact) mass is 256 g/mol. The molecule has 1 rings (SSSR count). The van der Waals surface area contributed by atoms with Crippen LogP contribution >= 0.6 is 0 Å². The molecule has 1 aliphatic rings. The highest BCUT2D eigenvalue weighted by atomic mass is 16.6. The summed E-state index contributed by atoms with van der Waals surface area (Å²) < 4.78 is 5.18. The van der Waals surface area contributed by atoms with Crippen molar-refractivity contribution in [1.82, 2.24) is 10.9 Å². The molecule has 2 N–H and O–H groups in total. The highest BCUT2D eigenvalue weighted by Crippen LogP contribution is 2.29. The highest BCUT2D eigenvalue weighted by Gasteiger charge is 2.24. The minimum absolute atomic E-state index is 0.382. The van der Waals surface area contributed by atoms with Gasteiger partial charge in [0.25, 0.3) is 0 Å². The van der Waals surface area contributed by atoms with Gasteiger partial charge in [0.2, 0.25) is 0 Å². The van der Waals surface area contributed by atoms with Gasteiger partial charge in [0.15, 0.2) is 0 Å². The van der Waals surface area contributed by atoms with Gasteiger partial charge in [0.05, 0.1) is 0 Å². The lowest BCUT2D eigenvalue weighted by Gasteiger charge is -2.31. The van der Waals surface area contributed by atoms with Gasteiger partial charge in [-0.1, -0.05) is 13.8 Å². The summed E-state index contributed by atoms with van der Waals surface area (Å²) in [6.07, 6.45) is 4.34. The molecular weight excluding hydrogens is 228 g/mol. The molecule has 0 saturated heterocycles. The minimum Gasteiger partial charge on any atom is -0.443 e. The van der Waals surface area contributed by atoms with Crippen LogP contribution in [0.25, 0.3) is 0 Å². The first-order valence-corrected chi connectivity index (χ1v) is 7.02. The molecule has 0 unspecified atom stereocenters. The molecule has 106 valence electrons. The van der Waals surface area contributed by atoms with E-state index in [0.717, 1.165) is 24.7 Å². The molecule has 0 bridgehead atoms. The minimum atomic E-state index is -0.443. The van der Waals surface area contributed by atoms with Crippen molar-refractivity contribution in [3.8, 4) is 0 Å². The van der Waals surface area contributed by atoms with Crippen molar-refractivity contribution in [1.29, 1.82) is 0 Å². The number of nitrogens with one attached hydrogen (secondary N) is 2. The van der Waals surface area contributed by atoms with Crippen LogP contribution in [0.3, 0.4) is 0 Å². The van der Waals surface area contributed by atoms with Crippen LogP contribution in [0, 0.1) is 11.8 Å². The number of hydrogen-bond donors (Lipinski definition) is 2. The highest BCUT2D eigenvalue weighted by molar-refractivity contribution is 5.67. The molecule has 4 nitrogen and oxygen atoms in total. The molecule has 4 heteroatoms. The largest absolute Gasteiger partial charge is 0.443 e. The van der Waals surface area contributed by atoms with Gasteiger partial charge in [0, 0.05) is 6.04 Å². The predicted molar refractivity (Wildman–Crippen MR) is 73.1 cm³/mol. The Kier molecular flexibility index (Phi) is 5.45. The molecule has 1 amide bonds. The van der Waals surface area contributed by atoms with Gasteiger partial charge in [-0.25, -0.2) is 10.2 Å². The summed E-state index contributed by atoms with van der Waals surface area (Å²) in [5.74, 6) is 1.61. The molecule has 0 aromatic heterocycles. The third-order valence-electron chi connectivity index (χ3n) is 3.49. The van der Waals surface area contributed by atoms with Crippen molar-refractivity contribution in [2.75, 3.05) is 0 Å². The molecule has 0 heterocycles. The van der Waals surface area contributed by atoms with E-state index in [-0.39, 0.29) is 0 Å². The molecule has 1 aliphatic carbocycles. The topological polar surface area (TPSA) is 50.4 Å². The Balaban J connectivity index is 2.20. The number of carbonyl (C=O) groups excluding carboxylic acids is 1. The van der Waals surface area contributed by atoms with Gasteiger partial charge in [-0.2, -0.15) is 0 Å². The quantitative estimate of drug-likeness (QED) is 0.762. The summed E-state index contributed by atoms with van der Waals surface area (Å²) in [6.45, 7) is 10.2. The molecule has 0 spiro atoms. The molecule has 0 atom stereocenters. The first-order chi connectivity index (χ1) is 8.28. The van der Waals surface area contributed by atoms with Gasteiger partial charge in [-0.15, -0.1) is 0 Å². The van der Waals surface area contributed by atoms with E-state index in [4.69, 9.17) is 4.74 Å². The normalized spacial score (nSPS) is 25.0. The fraction of sp³-hybridized carbons (Fsp3) is 0.929. The van der Waals surface area contributed by atoms with Crippen LogP contribution in [0.5, 0.6) is 0 Å². The predicted octanol–water partition coefficient (Wildman–Crippen LogP) is 3.23. The molecule has 0 aromatic carbocycles. The second kappa shape index (κ2) is 6.41. The summed E-state index contributed by atoms with van der Waals surface area (Å²) in [7, 11) is 0. The summed E-state index contributed by atoms with van der Waals surface area (Å²) in [6, 6.07) is 0.382. The zero-order chi connectivity index (χ0) is 13.8. The summed E-state index contributed by atoms with van der Waals surface area (Å²) in [4.78, 5) is 11.5. The lowest BCUT2D eigenvalue weighted by molar-refractivity contribution is 0.0478. The third kappa shape index (κ3) is 5.71. The van der Waals surface area contributed by atoms with Crippen molar-refractivity contribution >= 4 is 6.09 Å². The number of hydrazine groups is 1. The van der Waals surface area contributed by atoms with Crippen LogP contribution in [-0.4, -0.2) is 17.7 Å². The molecule has 0 radical (unpaired) electrons. The smallest absolute Gasteiger partial charge is 0.422 e. The Morgan fingerprint density at radius 2 is 1.72 bits per heavy atom. The van der Waals surface area contributed by atoms with Crippen molar-refractivity contribution in [2.24, 2.45) is 11.8 Å². The van der Waals surface area contributed by atoms with E-state index < -0.39 is 11.7 Å². The van der Waals surface area contributed by atoms with Crippen LogP contribution in [0.4, 0.5) is 4.79 Å². The van der Waals surface area contributed by atoms with E-state index in [2.05, 4.69) is 24.7 Å². The Morgan fingerprint density at radius 1 is 1.17 bits per heavy atom. The second-order valence-corrected chi connectivity index (χ2v) is 6.63. The van der Waals surface area contributed by atoms with E-state index in [0.29, 0.717) is 6.04 Å². The molecule has 1 saturated carbocycles. The Hall–Kier alpha value is -0.770. The molecule has 18 heavy (non-hydrogen) atoms. The van der Waals surface area contributed by atoms with Crippen LogP contribution in [-0.2, 0) is 4.74 Å². The second-order valence-electron chi connectivity index (χ2n) is 6.63. The first-order valence-electron chi connectivity index (χ1n) is 7.02. The van der Waals surface area contributed by atoms with Crippen LogP contribution < -0.4 is 10.9 Å². The third-order valence-corrected chi connectivity index (χ3v) is 3.49. The van der Waals surface area contributed by atoms with Crippen molar-refractivity contribution < 1.29 is 9.53 Å². The first kappa shape index (κ1) is 15.3. The number of carbonyl (C=O) groups is 1. The molecular formula is C14H28N2O2. The number of hydrogen-bond acceptors (Lipinski definition) is 3. The van der Waals surface area contributed by atoms with Gasteiger partial charge in [-0.3, -0.25) is 5.43 Å². The maximum absolute atomic E-state index is 11.5. The van der Waals surface area contributed by atoms with Gasteiger partial charge >= 0.3 is 6.09 Å². The van der Waals surface area contributed by atoms with Gasteiger partial charge in [0.1, 0.15) is 5.60 Å². The standard InChI is InChI=1S/C14H28N2O2/c1-10(2)11-6-8-12(9-7-11)15-16-13(17)18-14(3,4)5/h10-12,15H,6-9H2,1-5H3,(H,16,17). The fourth-order valence-electron chi connectivity index (χ4n) is 2.39. The molecule has 0 aliphatic heterocycles. The average molecular weight is 256 g/mol. The lowest BCUT2D eigenvalue weighted by Crippen LogP contribution is -2.47. The van der Waals surface area contributed by atoms with Crippen molar-refractivity contribution in [3.63, 3.8) is 0 Å². The van der Waals surface area contributed by atoms with Gasteiger partial charge in [-0.05, 0) is 58.3 Å². The zero-order valence-electron chi connectivity index (χ0n) is 12.4. The van der Waals surface area contributed by atoms with E-state index in [9.17, 15) is 4.79 Å². The Morgan fingerprint density at radius 3 is 2.17 bits per heavy atom. The van der Waals surface area contributed by atoms with Crippen LogP contribution in [0.15, 0.2) is 0 Å². The van der Waals surface area contributed by atoms with Gasteiger partial charge < -0.3 is 4.74 Å². The Bertz CT molecular complexity index is 263. The van der Waals surface area contributed by atoms with Crippen LogP contribution in [0.1, 0.15) is 60.3 Å². The van der Waals surface area contributed by atoms with Crippen molar-refractivity contribution in [2.45, 2.75) is 71.9 Å². The molecule has 1 fully saturated rings. The summed E-state index contributed by atoms with van der Waals surface area (Å²) >= 11 is 0. The lowest BCUT2D eigenvalue weighted by atomic mass is 9.80. The fourth-order valence-corrected chi connectivity index (χ4v) is 2.39. The van der Waals surface area contributed by atoms with E-state index in [1.54, 1.807) is 0 Å². The number of rotatable bonds is 3. The maximum Gasteiger partial charge on any atom is 0.422 e. The molecule has 0 aromatic rings. The average Bonchev–Trinajstić information content (AvgIpc) is 2.24. The summed E-state index contributed by atoms with van der Waals surface area (Å²) in [5, 5.41) is 0. The SMILES string of the molecule is CC(C)C1CCC(NNC(=O)OC(C)(C)C)CC1. The van der Waals surface area contributed by atoms with E-state index >= 15 is 0 Å². The zero-order valence-corrected chi connectivity index (χ0v) is 12.4.